The van der Waals surface area contributed by atoms with Crippen LogP contribution in [0.2, 0.25) is 0 Å². The van der Waals surface area contributed by atoms with Gasteiger partial charge in [-0.15, -0.1) is 10.2 Å². The third-order valence-electron chi connectivity index (χ3n) is 3.53. The summed E-state index contributed by atoms with van der Waals surface area (Å²) in [6, 6.07) is 15.8. The monoisotopic (exact) mass is 352 g/mol. The van der Waals surface area contributed by atoms with Gasteiger partial charge in [0.25, 0.3) is 0 Å². The summed E-state index contributed by atoms with van der Waals surface area (Å²) in [5, 5.41) is 11.9. The van der Waals surface area contributed by atoms with Gasteiger partial charge in [0, 0.05) is 11.1 Å². The summed E-state index contributed by atoms with van der Waals surface area (Å²) in [6.45, 7) is -0.561. The fourth-order valence-electron chi connectivity index (χ4n) is 2.18. The van der Waals surface area contributed by atoms with E-state index in [0.29, 0.717) is 17.1 Å². The van der Waals surface area contributed by atoms with E-state index in [0.717, 1.165) is 10.4 Å². The summed E-state index contributed by atoms with van der Waals surface area (Å²) in [5.41, 5.74) is 1.23. The molecule has 0 saturated carbocycles. The average Bonchev–Trinajstić information content (AvgIpc) is 3.15. The maximum Gasteiger partial charge on any atom is 0.330 e. The number of carbonyl (C=O) groups is 2. The first-order valence-electron chi connectivity index (χ1n) is 7.82. The molecule has 0 unspecified atom stereocenters. The second-order valence-electron chi connectivity index (χ2n) is 5.32. The van der Waals surface area contributed by atoms with E-state index in [4.69, 9.17) is 9.47 Å². The molecule has 0 aliphatic heterocycles. The number of tetrazole rings is 1. The molecule has 0 saturated heterocycles. The molecule has 132 valence electrons. The number of Topliss-reactive ketones (excluding diaryl/α,β-unsaturated/α-hetero) is 1. The maximum atomic E-state index is 11.9. The Morgan fingerprint density at radius 3 is 2.46 bits per heavy atom. The first kappa shape index (κ1) is 17.3. The normalized spacial score (nSPS) is 10.3. The van der Waals surface area contributed by atoms with Crippen molar-refractivity contribution in [3.63, 3.8) is 0 Å². The van der Waals surface area contributed by atoms with E-state index in [9.17, 15) is 9.59 Å². The molecule has 0 N–H and O–H groups in total. The van der Waals surface area contributed by atoms with Crippen molar-refractivity contribution in [3.05, 3.63) is 60.2 Å². The Labute approximate surface area is 149 Å². The highest BCUT2D eigenvalue weighted by Crippen LogP contribution is 2.18. The molecule has 0 aliphatic rings. The molecule has 0 amide bonds. The van der Waals surface area contributed by atoms with Crippen molar-refractivity contribution in [3.8, 4) is 17.1 Å². The van der Waals surface area contributed by atoms with Crippen LogP contribution in [0.4, 0.5) is 0 Å². The number of benzene rings is 2. The molecule has 3 aromatic rings. The summed E-state index contributed by atoms with van der Waals surface area (Å²) in [7, 11) is 1.58. The van der Waals surface area contributed by atoms with E-state index in [1.807, 2.05) is 0 Å². The van der Waals surface area contributed by atoms with Crippen LogP contribution in [0.25, 0.3) is 11.4 Å². The van der Waals surface area contributed by atoms with Gasteiger partial charge in [0.05, 0.1) is 7.11 Å². The quantitative estimate of drug-likeness (QED) is 0.472. The Hall–Kier alpha value is -3.55. The average molecular weight is 352 g/mol. The van der Waals surface area contributed by atoms with Crippen molar-refractivity contribution in [1.82, 2.24) is 20.2 Å². The third kappa shape index (κ3) is 4.29. The molecule has 0 fully saturated rings. The van der Waals surface area contributed by atoms with Crippen LogP contribution >= 0.6 is 0 Å². The van der Waals surface area contributed by atoms with Crippen LogP contribution in [0.1, 0.15) is 10.4 Å². The van der Waals surface area contributed by atoms with Crippen molar-refractivity contribution in [2.75, 3.05) is 13.7 Å². The van der Waals surface area contributed by atoms with Gasteiger partial charge in [0.2, 0.25) is 5.82 Å². The highest BCUT2D eigenvalue weighted by Gasteiger charge is 2.13. The van der Waals surface area contributed by atoms with Gasteiger partial charge in [-0.3, -0.25) is 4.79 Å². The zero-order valence-corrected chi connectivity index (χ0v) is 14.0. The lowest BCUT2D eigenvalue weighted by molar-refractivity contribution is -0.143. The van der Waals surface area contributed by atoms with Crippen molar-refractivity contribution in [2.45, 2.75) is 6.54 Å². The number of methoxy groups -OCH3 is 1. The van der Waals surface area contributed by atoms with Gasteiger partial charge in [0.1, 0.15) is 5.75 Å². The molecule has 1 heterocycles. The lowest BCUT2D eigenvalue weighted by Gasteiger charge is -2.03. The summed E-state index contributed by atoms with van der Waals surface area (Å²) >= 11 is 0. The van der Waals surface area contributed by atoms with E-state index in [2.05, 4.69) is 15.4 Å². The van der Waals surface area contributed by atoms with Gasteiger partial charge in [-0.25, -0.2) is 4.79 Å². The number of nitrogens with zero attached hydrogens (tertiary/aromatic N) is 4. The zero-order chi connectivity index (χ0) is 18.4. The lowest BCUT2D eigenvalue weighted by Crippen LogP contribution is -2.19. The topological polar surface area (TPSA) is 96.2 Å². The van der Waals surface area contributed by atoms with Gasteiger partial charge in [-0.1, -0.05) is 30.3 Å². The number of hydrogen-bond donors (Lipinski definition) is 0. The number of esters is 1. The SMILES string of the molecule is COc1ccc(-c2nnn(CC(=O)OCC(=O)c3ccccc3)n2)cc1. The fourth-order valence-corrected chi connectivity index (χ4v) is 2.18. The Bertz CT molecular complexity index is 891. The van der Waals surface area contributed by atoms with E-state index in [1.165, 1.54) is 0 Å². The molecule has 0 spiro atoms. The predicted molar refractivity (Wildman–Crippen MR) is 91.5 cm³/mol. The Morgan fingerprint density at radius 2 is 1.77 bits per heavy atom. The second kappa shape index (κ2) is 8.02. The molecule has 8 heteroatoms. The van der Waals surface area contributed by atoms with Crippen LogP contribution in [0.15, 0.2) is 54.6 Å². The summed E-state index contributed by atoms with van der Waals surface area (Å²) in [5.74, 6) is 0.200. The van der Waals surface area contributed by atoms with Crippen LogP contribution in [0.5, 0.6) is 5.75 Å². The van der Waals surface area contributed by atoms with Gasteiger partial charge < -0.3 is 9.47 Å². The molecule has 0 radical (unpaired) electrons. The number of rotatable bonds is 7. The zero-order valence-electron chi connectivity index (χ0n) is 14.0. The minimum Gasteiger partial charge on any atom is -0.497 e. The van der Waals surface area contributed by atoms with Crippen molar-refractivity contribution >= 4 is 11.8 Å². The first-order valence-corrected chi connectivity index (χ1v) is 7.82. The van der Waals surface area contributed by atoms with Gasteiger partial charge >= 0.3 is 5.97 Å². The first-order chi connectivity index (χ1) is 12.7. The van der Waals surface area contributed by atoms with Crippen LogP contribution in [-0.4, -0.2) is 45.7 Å². The Morgan fingerprint density at radius 1 is 1.04 bits per heavy atom. The standard InChI is InChI=1S/C18H16N4O4/c1-25-15-9-7-14(8-10-15)18-19-21-22(20-18)11-17(24)26-12-16(23)13-5-3-2-4-6-13/h2-10H,11-12H2,1H3. The lowest BCUT2D eigenvalue weighted by atomic mass is 10.1. The number of carbonyl (C=O) groups excluding carboxylic acids is 2. The minimum atomic E-state index is -0.618. The molecule has 8 nitrogen and oxygen atoms in total. The number of aromatic nitrogens is 4. The molecule has 26 heavy (non-hydrogen) atoms. The van der Waals surface area contributed by atoms with Crippen molar-refractivity contribution in [2.24, 2.45) is 0 Å². The van der Waals surface area contributed by atoms with E-state index in [-0.39, 0.29) is 18.9 Å². The smallest absolute Gasteiger partial charge is 0.330 e. The number of ketones is 1. The molecule has 0 atom stereocenters. The van der Waals surface area contributed by atoms with E-state index < -0.39 is 5.97 Å². The van der Waals surface area contributed by atoms with Gasteiger partial charge in [-0.2, -0.15) is 4.80 Å². The van der Waals surface area contributed by atoms with E-state index in [1.54, 1.807) is 61.7 Å². The highest BCUT2D eigenvalue weighted by atomic mass is 16.5. The number of ether oxygens (including phenoxy) is 2. The fraction of sp³-hybridized carbons (Fsp3) is 0.167. The summed E-state index contributed by atoms with van der Waals surface area (Å²) in [6.07, 6.45) is 0. The molecular formula is C18H16N4O4. The second-order valence-corrected chi connectivity index (χ2v) is 5.32. The summed E-state index contributed by atoms with van der Waals surface area (Å²) in [4.78, 5) is 24.9. The molecular weight excluding hydrogens is 336 g/mol. The van der Waals surface area contributed by atoms with Gasteiger partial charge in [-0.05, 0) is 29.5 Å². The largest absolute Gasteiger partial charge is 0.497 e. The van der Waals surface area contributed by atoms with E-state index >= 15 is 0 Å². The molecule has 1 aromatic heterocycles. The Kier molecular flexibility index (Phi) is 5.33. The van der Waals surface area contributed by atoms with Crippen molar-refractivity contribution < 1.29 is 19.1 Å². The predicted octanol–water partition coefficient (Wildman–Crippen LogP) is 1.77. The number of hydrogen-bond acceptors (Lipinski definition) is 7. The van der Waals surface area contributed by atoms with Crippen molar-refractivity contribution in [1.29, 1.82) is 0 Å². The highest BCUT2D eigenvalue weighted by molar-refractivity contribution is 5.97. The van der Waals surface area contributed by atoms with Crippen LogP contribution in [0, 0.1) is 0 Å². The van der Waals surface area contributed by atoms with Gasteiger partial charge in [0.15, 0.2) is 18.9 Å². The molecule has 0 bridgehead atoms. The molecule has 0 aliphatic carbocycles. The molecule has 2 aromatic carbocycles. The molecule has 3 rings (SSSR count). The Balaban J connectivity index is 1.55. The maximum absolute atomic E-state index is 11.9. The van der Waals surface area contributed by atoms with Crippen LogP contribution < -0.4 is 4.74 Å². The van der Waals surface area contributed by atoms with Crippen LogP contribution in [-0.2, 0) is 16.1 Å². The summed E-state index contributed by atoms with van der Waals surface area (Å²) < 4.78 is 10.1. The third-order valence-corrected chi connectivity index (χ3v) is 3.53. The van der Waals surface area contributed by atoms with Crippen LogP contribution in [0.3, 0.4) is 0 Å². The minimum absolute atomic E-state index is 0.231.